The van der Waals surface area contributed by atoms with Crippen LogP contribution in [0.3, 0.4) is 0 Å². The predicted molar refractivity (Wildman–Crippen MR) is 221 cm³/mol. The maximum Gasteiger partial charge on any atom is 0.151 e. The number of benzene rings is 7. The summed E-state index contributed by atoms with van der Waals surface area (Å²) in [7, 11) is 0. The van der Waals surface area contributed by atoms with Crippen LogP contribution < -0.4 is 19.3 Å². The molecule has 0 bridgehead atoms. The van der Waals surface area contributed by atoms with Crippen LogP contribution in [0.2, 0.25) is 0 Å². The second-order valence-corrected chi connectivity index (χ2v) is 16.2. The van der Waals surface area contributed by atoms with Gasteiger partial charge in [0.1, 0.15) is 0 Å². The van der Waals surface area contributed by atoms with Crippen LogP contribution in [-0.4, -0.2) is 0 Å². The van der Waals surface area contributed by atoms with Crippen LogP contribution in [0.1, 0.15) is 61.1 Å². The number of hydrogen-bond acceptors (Lipinski definition) is 4. The van der Waals surface area contributed by atoms with Gasteiger partial charge in [-0.1, -0.05) is 88.4 Å². The molecule has 2 heterocycles. The molecule has 4 nitrogen and oxygen atoms in total. The molecule has 0 fully saturated rings. The first kappa shape index (κ1) is 31.3. The molecule has 0 radical (unpaired) electrons. The Balaban J connectivity index is 1.08. The van der Waals surface area contributed by atoms with Gasteiger partial charge in [0.2, 0.25) is 0 Å². The summed E-state index contributed by atoms with van der Waals surface area (Å²) in [5.41, 5.74) is 19.9. The number of hydrogen-bond donors (Lipinski definition) is 0. The molecule has 0 aromatic heterocycles. The van der Waals surface area contributed by atoms with Gasteiger partial charge >= 0.3 is 0 Å². The lowest BCUT2D eigenvalue weighted by Gasteiger charge is -2.34. The first-order valence-electron chi connectivity index (χ1n) is 18.9. The molecule has 262 valence electrons. The van der Waals surface area contributed by atoms with Gasteiger partial charge in [-0.2, -0.15) is 0 Å². The standard InChI is InChI=1S/C50H40N2O2/c1-29-30(2)46-34-26-24-32(52-39-17-9-13-21-43(39)54-44-22-14-10-18-40(44)52)28-36(34)50(5,6)48(46)47-45(29)33-25-23-31(27-35(33)49(47,3)4)51-37-15-7-11-19-41(37)53-42-20-12-8-16-38(42)51/h7-28H,1-6H3. The topological polar surface area (TPSA) is 24.9 Å². The molecule has 0 amide bonds. The van der Waals surface area contributed by atoms with E-state index in [1.54, 1.807) is 0 Å². The van der Waals surface area contributed by atoms with E-state index in [4.69, 9.17) is 9.47 Å². The Morgan fingerprint density at radius 2 is 0.722 bits per heavy atom. The summed E-state index contributed by atoms with van der Waals surface area (Å²) >= 11 is 0. The van der Waals surface area contributed by atoms with Crippen LogP contribution in [0.5, 0.6) is 23.0 Å². The summed E-state index contributed by atoms with van der Waals surface area (Å²) in [6.07, 6.45) is 0. The number of ether oxygens (including phenoxy) is 2. The summed E-state index contributed by atoms with van der Waals surface area (Å²) in [6, 6.07) is 47.6. The monoisotopic (exact) mass is 700 g/mol. The van der Waals surface area contributed by atoms with E-state index >= 15 is 0 Å². The van der Waals surface area contributed by atoms with E-state index in [9.17, 15) is 0 Å². The maximum absolute atomic E-state index is 6.38. The smallest absolute Gasteiger partial charge is 0.151 e. The molecule has 7 aromatic rings. The van der Waals surface area contributed by atoms with Crippen molar-refractivity contribution >= 4 is 34.1 Å². The lowest BCUT2D eigenvalue weighted by molar-refractivity contribution is 0.476. The van der Waals surface area contributed by atoms with Crippen molar-refractivity contribution < 1.29 is 9.47 Å². The van der Waals surface area contributed by atoms with E-state index in [0.29, 0.717) is 0 Å². The van der Waals surface area contributed by atoms with Crippen LogP contribution in [0, 0.1) is 13.8 Å². The van der Waals surface area contributed by atoms with E-state index in [1.807, 2.05) is 24.3 Å². The first-order chi connectivity index (χ1) is 26.1. The van der Waals surface area contributed by atoms with E-state index < -0.39 is 0 Å². The summed E-state index contributed by atoms with van der Waals surface area (Å²) in [6.45, 7) is 14.4. The van der Waals surface area contributed by atoms with Crippen molar-refractivity contribution in [1.82, 2.24) is 0 Å². The largest absolute Gasteiger partial charge is 0.453 e. The quantitative estimate of drug-likeness (QED) is 0.179. The third-order valence-corrected chi connectivity index (χ3v) is 12.6. The Kier molecular flexibility index (Phi) is 6.18. The highest BCUT2D eigenvalue weighted by Crippen LogP contribution is 2.63. The molecule has 0 saturated carbocycles. The average molecular weight is 701 g/mol. The zero-order chi connectivity index (χ0) is 36.7. The Hall–Kier alpha value is -6.26. The molecule has 2 aliphatic heterocycles. The number of anilines is 6. The zero-order valence-electron chi connectivity index (χ0n) is 31.4. The van der Waals surface area contributed by atoms with Crippen LogP contribution in [0.4, 0.5) is 34.1 Å². The van der Waals surface area contributed by atoms with Gasteiger partial charge in [-0.15, -0.1) is 0 Å². The van der Waals surface area contributed by atoms with Crippen LogP contribution in [-0.2, 0) is 10.8 Å². The van der Waals surface area contributed by atoms with Gasteiger partial charge in [0.25, 0.3) is 0 Å². The SMILES string of the molecule is Cc1c(C)c2c(c3c1-c1ccc(N4c5ccccc5Oc5ccccc54)cc1C3(C)C)C(C)(C)c1cc(N3c4ccccc4Oc4ccccc43)ccc1-2. The van der Waals surface area contributed by atoms with Gasteiger partial charge in [-0.05, 0) is 142 Å². The highest BCUT2D eigenvalue weighted by atomic mass is 16.5. The molecule has 0 N–H and O–H groups in total. The summed E-state index contributed by atoms with van der Waals surface area (Å²) in [5, 5.41) is 0. The van der Waals surface area contributed by atoms with Gasteiger partial charge in [-0.3, -0.25) is 0 Å². The molecule has 4 aliphatic rings. The Labute approximate surface area is 316 Å². The molecule has 0 atom stereocenters. The van der Waals surface area contributed by atoms with Crippen molar-refractivity contribution in [1.29, 1.82) is 0 Å². The molecule has 0 spiro atoms. The minimum Gasteiger partial charge on any atom is -0.453 e. The summed E-state index contributed by atoms with van der Waals surface area (Å²) in [4.78, 5) is 4.72. The Morgan fingerprint density at radius 1 is 0.407 bits per heavy atom. The summed E-state index contributed by atoms with van der Waals surface area (Å²) < 4.78 is 12.8. The minimum absolute atomic E-state index is 0.237. The Morgan fingerprint density at radius 3 is 1.06 bits per heavy atom. The molecule has 2 aliphatic carbocycles. The number of rotatable bonds is 2. The molecule has 11 rings (SSSR count). The second-order valence-electron chi connectivity index (χ2n) is 16.2. The molecule has 0 unspecified atom stereocenters. The highest BCUT2D eigenvalue weighted by molar-refractivity contribution is 5.98. The van der Waals surface area contributed by atoms with E-state index in [-0.39, 0.29) is 10.8 Å². The molecule has 7 aromatic carbocycles. The van der Waals surface area contributed by atoms with Crippen molar-refractivity contribution in [3.63, 3.8) is 0 Å². The van der Waals surface area contributed by atoms with E-state index in [2.05, 4.69) is 161 Å². The normalized spacial score (nSPS) is 15.7. The zero-order valence-corrected chi connectivity index (χ0v) is 31.4. The number of para-hydroxylation sites is 8. The van der Waals surface area contributed by atoms with Crippen LogP contribution in [0.15, 0.2) is 133 Å². The molecular weight excluding hydrogens is 661 g/mol. The third kappa shape index (κ3) is 3.98. The van der Waals surface area contributed by atoms with Gasteiger partial charge in [0, 0.05) is 22.2 Å². The molecular formula is C50H40N2O2. The molecule has 54 heavy (non-hydrogen) atoms. The predicted octanol–water partition coefficient (Wildman–Crippen LogP) is 14.1. The van der Waals surface area contributed by atoms with Gasteiger partial charge in [0.15, 0.2) is 23.0 Å². The van der Waals surface area contributed by atoms with Crippen molar-refractivity contribution in [2.45, 2.75) is 52.4 Å². The average Bonchev–Trinajstić information content (AvgIpc) is 3.56. The number of nitrogens with zero attached hydrogens (tertiary/aromatic N) is 2. The fourth-order valence-corrected chi connectivity index (χ4v) is 9.97. The number of fused-ring (bicyclic) bond motifs is 11. The van der Waals surface area contributed by atoms with Crippen molar-refractivity contribution in [2.24, 2.45) is 0 Å². The lowest BCUT2D eigenvalue weighted by Crippen LogP contribution is -2.25. The highest BCUT2D eigenvalue weighted by Gasteiger charge is 2.48. The molecule has 4 heteroatoms. The van der Waals surface area contributed by atoms with Crippen molar-refractivity contribution in [2.75, 3.05) is 9.80 Å². The van der Waals surface area contributed by atoms with Gasteiger partial charge in [-0.25, -0.2) is 0 Å². The lowest BCUT2D eigenvalue weighted by atomic mass is 9.71. The minimum atomic E-state index is -0.237. The van der Waals surface area contributed by atoms with Gasteiger partial charge in [0.05, 0.1) is 22.7 Å². The van der Waals surface area contributed by atoms with E-state index in [0.717, 1.165) is 57.1 Å². The fourth-order valence-electron chi connectivity index (χ4n) is 9.97. The van der Waals surface area contributed by atoms with Crippen molar-refractivity contribution in [3.05, 3.63) is 167 Å². The van der Waals surface area contributed by atoms with Crippen molar-refractivity contribution in [3.8, 4) is 45.3 Å². The first-order valence-corrected chi connectivity index (χ1v) is 18.9. The van der Waals surface area contributed by atoms with Crippen LogP contribution in [0.25, 0.3) is 22.3 Å². The van der Waals surface area contributed by atoms with Gasteiger partial charge < -0.3 is 19.3 Å². The fraction of sp³-hybridized carbons (Fsp3) is 0.160. The summed E-state index contributed by atoms with van der Waals surface area (Å²) in [5.74, 6) is 3.47. The molecule has 0 saturated heterocycles. The van der Waals surface area contributed by atoms with E-state index in [1.165, 1.54) is 55.6 Å². The van der Waals surface area contributed by atoms with Crippen LogP contribution >= 0.6 is 0 Å². The second kappa shape index (κ2) is 10.7. The Bertz CT molecular complexity index is 2490. The third-order valence-electron chi connectivity index (χ3n) is 12.6. The maximum atomic E-state index is 6.38.